The summed E-state index contributed by atoms with van der Waals surface area (Å²) < 4.78 is 0. The summed E-state index contributed by atoms with van der Waals surface area (Å²) >= 11 is 0. The summed E-state index contributed by atoms with van der Waals surface area (Å²) in [6.45, 7) is 0. The Kier molecular flexibility index (Phi) is 6.80. The van der Waals surface area contributed by atoms with Crippen molar-refractivity contribution in [3.8, 4) is 0 Å². The molecule has 2 aliphatic rings. The van der Waals surface area contributed by atoms with Crippen molar-refractivity contribution in [2.45, 2.75) is 49.8 Å². The number of hydrogen-bond donors (Lipinski definition) is 0. The van der Waals surface area contributed by atoms with E-state index in [1.54, 1.807) is 35.8 Å². The van der Waals surface area contributed by atoms with Gasteiger partial charge in [0.25, 0.3) is 0 Å². The molecule has 2 fully saturated rings. The molecule has 2 heterocycles. The van der Waals surface area contributed by atoms with Crippen molar-refractivity contribution in [1.29, 1.82) is 0 Å². The zero-order chi connectivity index (χ0) is 17.6. The molecule has 0 radical (unpaired) electrons. The second-order valence-corrected chi connectivity index (χ2v) is 13.6. The highest BCUT2D eigenvalue weighted by Gasteiger charge is 2.30. The largest absolute Gasteiger partial charge is 0.103 e. The summed E-state index contributed by atoms with van der Waals surface area (Å²) in [4.78, 5) is 0. The summed E-state index contributed by atoms with van der Waals surface area (Å²) in [5.74, 6) is 0. The van der Waals surface area contributed by atoms with E-state index in [4.69, 9.17) is 0 Å². The van der Waals surface area contributed by atoms with Gasteiger partial charge in [0.05, 0.1) is 0 Å². The first-order valence-electron chi connectivity index (χ1n) is 10.4. The van der Waals surface area contributed by atoms with Gasteiger partial charge in [0.1, 0.15) is 0 Å². The Balaban J connectivity index is 1.29. The minimum Gasteiger partial charge on any atom is -0.103 e. The fourth-order valence-corrected chi connectivity index (χ4v) is 12.0. The van der Waals surface area contributed by atoms with Crippen LogP contribution in [0.25, 0.3) is 0 Å². The average molecular weight is 382 g/mol. The van der Waals surface area contributed by atoms with Gasteiger partial charge in [-0.25, -0.2) is 0 Å². The minimum atomic E-state index is 0.289. The predicted molar refractivity (Wildman–Crippen MR) is 120 cm³/mol. The molecule has 0 aliphatic carbocycles. The Bertz CT molecular complexity index is 595. The van der Waals surface area contributed by atoms with Gasteiger partial charge in [0.15, 0.2) is 0 Å². The van der Waals surface area contributed by atoms with Crippen molar-refractivity contribution in [3.05, 3.63) is 71.8 Å². The standard InChI is InChI=1S/C24H32P2/c1-3-9-21(10-4-1)19-23-13-7-15-25(23)17-18-26-16-8-14-24(26)20-22-11-5-2-6-12-22/h1-6,9-12,23-24H,7-8,13-20H2/t23-,24-,25?,26?/m0/s1. The van der Waals surface area contributed by atoms with Crippen LogP contribution < -0.4 is 0 Å². The van der Waals surface area contributed by atoms with E-state index < -0.39 is 0 Å². The van der Waals surface area contributed by atoms with Gasteiger partial charge in [-0.2, -0.15) is 0 Å². The molecule has 4 atom stereocenters. The maximum Gasteiger partial charge on any atom is -0.0168 e. The zero-order valence-electron chi connectivity index (χ0n) is 15.9. The highest BCUT2D eigenvalue weighted by molar-refractivity contribution is 7.62. The number of rotatable bonds is 7. The van der Waals surface area contributed by atoms with Crippen LogP contribution in [0, 0.1) is 0 Å². The molecule has 0 nitrogen and oxygen atoms in total. The van der Waals surface area contributed by atoms with Gasteiger partial charge in [0, 0.05) is 0 Å². The van der Waals surface area contributed by atoms with Crippen LogP contribution in [-0.2, 0) is 12.8 Å². The van der Waals surface area contributed by atoms with Crippen LogP contribution in [0.2, 0.25) is 0 Å². The molecule has 0 aromatic heterocycles. The first kappa shape index (κ1) is 18.7. The molecule has 26 heavy (non-hydrogen) atoms. The highest BCUT2D eigenvalue weighted by atomic mass is 31.1. The topological polar surface area (TPSA) is 0 Å². The highest BCUT2D eigenvalue weighted by Crippen LogP contribution is 2.57. The molecule has 4 rings (SSSR count). The Morgan fingerprint density at radius 2 is 1.04 bits per heavy atom. The lowest BCUT2D eigenvalue weighted by Crippen LogP contribution is -2.11. The molecule has 2 saturated heterocycles. The van der Waals surface area contributed by atoms with Gasteiger partial charge in [-0.3, -0.25) is 0 Å². The summed E-state index contributed by atoms with van der Waals surface area (Å²) in [5, 5.41) is 0. The van der Waals surface area contributed by atoms with E-state index in [0.717, 1.165) is 11.3 Å². The lowest BCUT2D eigenvalue weighted by molar-refractivity contribution is 0.772. The molecule has 2 heteroatoms. The molecule has 0 N–H and O–H groups in total. The van der Waals surface area contributed by atoms with E-state index in [9.17, 15) is 0 Å². The molecule has 0 bridgehead atoms. The van der Waals surface area contributed by atoms with Crippen molar-refractivity contribution in [2.24, 2.45) is 0 Å². The van der Waals surface area contributed by atoms with Gasteiger partial charge in [0.2, 0.25) is 0 Å². The van der Waals surface area contributed by atoms with Crippen molar-refractivity contribution < 1.29 is 0 Å². The number of benzene rings is 2. The first-order chi connectivity index (χ1) is 12.9. The van der Waals surface area contributed by atoms with Gasteiger partial charge in [-0.15, -0.1) is 15.8 Å². The zero-order valence-corrected chi connectivity index (χ0v) is 17.7. The molecule has 2 unspecified atom stereocenters. The lowest BCUT2D eigenvalue weighted by Gasteiger charge is -2.25. The molecule has 138 valence electrons. The molecular weight excluding hydrogens is 350 g/mol. The quantitative estimate of drug-likeness (QED) is 0.464. The van der Waals surface area contributed by atoms with E-state index >= 15 is 0 Å². The molecule has 0 saturated carbocycles. The fourth-order valence-electron chi connectivity index (χ4n) is 4.87. The third kappa shape index (κ3) is 4.97. The molecule has 0 amide bonds. The summed E-state index contributed by atoms with van der Waals surface area (Å²) in [6, 6.07) is 22.5. The van der Waals surface area contributed by atoms with Gasteiger partial charge in [-0.05, 0) is 85.6 Å². The maximum atomic E-state index is 2.34. The van der Waals surface area contributed by atoms with Crippen molar-refractivity contribution in [2.75, 3.05) is 24.6 Å². The maximum absolute atomic E-state index is 2.34. The third-order valence-corrected chi connectivity index (χ3v) is 13.0. The lowest BCUT2D eigenvalue weighted by atomic mass is 10.1. The van der Waals surface area contributed by atoms with Gasteiger partial charge < -0.3 is 0 Å². The Hall–Kier alpha value is -0.700. The molecular formula is C24H32P2. The molecule has 2 aromatic rings. The van der Waals surface area contributed by atoms with E-state index in [1.165, 1.54) is 38.5 Å². The van der Waals surface area contributed by atoms with Crippen molar-refractivity contribution in [1.82, 2.24) is 0 Å². The smallest absolute Gasteiger partial charge is 0.0168 e. The average Bonchev–Trinajstić information content (AvgIpc) is 3.31. The number of hydrogen-bond acceptors (Lipinski definition) is 0. The van der Waals surface area contributed by atoms with Crippen molar-refractivity contribution in [3.63, 3.8) is 0 Å². The Morgan fingerprint density at radius 3 is 1.46 bits per heavy atom. The van der Waals surface area contributed by atoms with Crippen LogP contribution in [0.15, 0.2) is 60.7 Å². The summed E-state index contributed by atoms with van der Waals surface area (Å²) in [7, 11) is 0.579. The van der Waals surface area contributed by atoms with Crippen LogP contribution in [0.3, 0.4) is 0 Å². The predicted octanol–water partition coefficient (Wildman–Crippen LogP) is 6.76. The van der Waals surface area contributed by atoms with E-state index in [2.05, 4.69) is 60.7 Å². The van der Waals surface area contributed by atoms with Crippen molar-refractivity contribution >= 4 is 15.8 Å². The summed E-state index contributed by atoms with van der Waals surface area (Å²) in [6.07, 6.45) is 14.9. The third-order valence-electron chi connectivity index (χ3n) is 6.30. The molecule has 0 spiro atoms. The monoisotopic (exact) mass is 382 g/mol. The molecule has 2 aliphatic heterocycles. The Morgan fingerprint density at radius 1 is 0.615 bits per heavy atom. The van der Waals surface area contributed by atoms with E-state index in [0.29, 0.717) is 0 Å². The fraction of sp³-hybridized carbons (Fsp3) is 0.500. The van der Waals surface area contributed by atoms with Crippen LogP contribution >= 0.6 is 15.8 Å². The van der Waals surface area contributed by atoms with Crippen LogP contribution in [-0.4, -0.2) is 36.0 Å². The van der Waals surface area contributed by atoms with E-state index in [1.807, 2.05) is 0 Å². The van der Waals surface area contributed by atoms with E-state index in [-0.39, 0.29) is 15.8 Å². The minimum absolute atomic E-state index is 0.289. The van der Waals surface area contributed by atoms with Gasteiger partial charge >= 0.3 is 0 Å². The normalized spacial score (nSPS) is 28.5. The van der Waals surface area contributed by atoms with Crippen LogP contribution in [0.5, 0.6) is 0 Å². The summed E-state index contributed by atoms with van der Waals surface area (Å²) in [5.41, 5.74) is 5.16. The van der Waals surface area contributed by atoms with Gasteiger partial charge in [-0.1, -0.05) is 60.7 Å². The second-order valence-electron chi connectivity index (χ2n) is 8.04. The first-order valence-corrected chi connectivity index (χ1v) is 14.0. The second kappa shape index (κ2) is 9.48. The van der Waals surface area contributed by atoms with Crippen LogP contribution in [0.1, 0.15) is 36.8 Å². The Labute approximate surface area is 162 Å². The SMILES string of the molecule is c1ccc(C[C@@H]2CCCP2CCP2CCC[C@H]2Cc2ccccc2)cc1. The van der Waals surface area contributed by atoms with Crippen LogP contribution in [0.4, 0.5) is 0 Å². The molecule has 2 aromatic carbocycles.